The van der Waals surface area contributed by atoms with Crippen LogP contribution in [0, 0.1) is 11.6 Å². The first-order valence-electron chi connectivity index (χ1n) is 13.6. The molecular formula is C33H25F2N3O5S. The molecule has 0 radical (unpaired) electrons. The number of halogens is 2. The van der Waals surface area contributed by atoms with Crippen LogP contribution in [0.15, 0.2) is 83.3 Å². The van der Waals surface area contributed by atoms with Gasteiger partial charge >= 0.3 is 0 Å². The van der Waals surface area contributed by atoms with Crippen LogP contribution >= 0.6 is 0 Å². The monoisotopic (exact) mass is 613 g/mol. The lowest BCUT2D eigenvalue weighted by Crippen LogP contribution is -2.25. The van der Waals surface area contributed by atoms with E-state index in [0.717, 1.165) is 16.3 Å². The van der Waals surface area contributed by atoms with Gasteiger partial charge in [-0.3, -0.25) is 9.10 Å². The van der Waals surface area contributed by atoms with Gasteiger partial charge in [0.25, 0.3) is 5.91 Å². The summed E-state index contributed by atoms with van der Waals surface area (Å²) in [7, 11) is -0.794. The van der Waals surface area contributed by atoms with Crippen molar-refractivity contribution >= 4 is 43.5 Å². The van der Waals surface area contributed by atoms with Crippen molar-refractivity contribution in [2.24, 2.45) is 0 Å². The van der Waals surface area contributed by atoms with Gasteiger partial charge in [-0.25, -0.2) is 17.2 Å². The Balaban J connectivity index is 1.50. The molecule has 0 bridgehead atoms. The second kappa shape index (κ2) is 9.95. The van der Waals surface area contributed by atoms with Gasteiger partial charge in [0, 0.05) is 47.6 Å². The minimum atomic E-state index is -3.72. The Bertz CT molecular complexity index is 2260. The van der Waals surface area contributed by atoms with Crippen molar-refractivity contribution in [3.63, 3.8) is 0 Å². The Morgan fingerprint density at radius 1 is 0.932 bits per heavy atom. The number of amides is 1. The molecule has 1 N–H and O–H groups in total. The van der Waals surface area contributed by atoms with Crippen LogP contribution in [0.4, 0.5) is 14.5 Å². The Labute approximate surface area is 251 Å². The minimum absolute atomic E-state index is 0.208. The molecule has 0 atom stereocenters. The molecule has 2 aromatic heterocycles. The van der Waals surface area contributed by atoms with Crippen LogP contribution in [0.2, 0.25) is 0 Å². The Kier molecular flexibility index (Phi) is 6.26. The van der Waals surface area contributed by atoms with Crippen LogP contribution in [0.25, 0.3) is 55.6 Å². The van der Waals surface area contributed by atoms with Crippen LogP contribution in [0.1, 0.15) is 10.4 Å². The third kappa shape index (κ3) is 4.31. The van der Waals surface area contributed by atoms with Gasteiger partial charge in [-0.1, -0.05) is 12.1 Å². The van der Waals surface area contributed by atoms with E-state index in [1.165, 1.54) is 44.4 Å². The van der Waals surface area contributed by atoms with Gasteiger partial charge in [0.05, 0.1) is 28.7 Å². The molecule has 0 spiro atoms. The molecule has 0 aliphatic carbocycles. The molecule has 0 fully saturated rings. The Morgan fingerprint density at radius 2 is 1.68 bits per heavy atom. The molecule has 1 aliphatic rings. The van der Waals surface area contributed by atoms with Gasteiger partial charge in [0.2, 0.25) is 10.0 Å². The zero-order valence-corrected chi connectivity index (χ0v) is 24.6. The van der Waals surface area contributed by atoms with Crippen LogP contribution in [0.3, 0.4) is 0 Å². The largest absolute Gasteiger partial charge is 0.472 e. The molecule has 0 saturated carbocycles. The quantitative estimate of drug-likeness (QED) is 0.232. The summed E-state index contributed by atoms with van der Waals surface area (Å²) in [5.74, 6) is -0.401. The zero-order chi connectivity index (χ0) is 30.9. The maximum absolute atomic E-state index is 14.7. The molecule has 44 heavy (non-hydrogen) atoms. The van der Waals surface area contributed by atoms with E-state index in [1.807, 2.05) is 16.7 Å². The van der Waals surface area contributed by atoms with Crippen LogP contribution in [-0.2, 0) is 16.8 Å². The van der Waals surface area contributed by atoms with Gasteiger partial charge in [-0.2, -0.15) is 0 Å². The average molecular weight is 614 g/mol. The van der Waals surface area contributed by atoms with Gasteiger partial charge < -0.3 is 19.0 Å². The number of fused-ring (bicyclic) bond motifs is 6. The molecule has 0 saturated heterocycles. The van der Waals surface area contributed by atoms with E-state index >= 15 is 0 Å². The van der Waals surface area contributed by atoms with Crippen molar-refractivity contribution in [3.05, 3.63) is 96.1 Å². The number of hydrogen-bond acceptors (Lipinski definition) is 5. The number of nitrogens with zero attached hydrogens (tertiary/aromatic N) is 2. The van der Waals surface area contributed by atoms with Crippen molar-refractivity contribution in [1.29, 1.82) is 0 Å². The summed E-state index contributed by atoms with van der Waals surface area (Å²) in [6, 6.07) is 21.0. The molecule has 3 heterocycles. The maximum atomic E-state index is 14.7. The van der Waals surface area contributed by atoms with Crippen molar-refractivity contribution in [1.82, 2.24) is 9.88 Å². The molecule has 8 nitrogen and oxygen atoms in total. The van der Waals surface area contributed by atoms with Crippen molar-refractivity contribution in [2.75, 3.05) is 24.7 Å². The van der Waals surface area contributed by atoms with Crippen LogP contribution in [0.5, 0.6) is 5.75 Å². The number of nitrogens with one attached hydrogen (secondary N) is 1. The van der Waals surface area contributed by atoms with Crippen molar-refractivity contribution < 1.29 is 31.1 Å². The first kappa shape index (κ1) is 27.7. The minimum Gasteiger partial charge on any atom is -0.472 e. The predicted molar refractivity (Wildman–Crippen MR) is 165 cm³/mol. The number of furan rings is 1. The summed E-state index contributed by atoms with van der Waals surface area (Å²) in [4.78, 5) is 13.2. The van der Waals surface area contributed by atoms with Crippen LogP contribution in [-0.4, -0.2) is 39.2 Å². The number of carbonyl (C=O) groups is 1. The highest BCUT2D eigenvalue weighted by atomic mass is 32.2. The average Bonchev–Trinajstić information content (AvgIpc) is 3.59. The summed E-state index contributed by atoms with van der Waals surface area (Å²) in [6.45, 7) is 0.208. The van der Waals surface area contributed by atoms with E-state index in [-0.39, 0.29) is 29.5 Å². The number of rotatable bonds is 5. The number of hydrogen-bond donors (Lipinski definition) is 1. The lowest BCUT2D eigenvalue weighted by Gasteiger charge is -2.24. The third-order valence-corrected chi connectivity index (χ3v) is 9.20. The number of carbonyl (C=O) groups excluding carboxylic acids is 1. The highest BCUT2D eigenvalue weighted by molar-refractivity contribution is 7.92. The number of sulfonamides is 1. The molecule has 7 rings (SSSR count). The third-order valence-electron chi connectivity index (χ3n) is 8.01. The fourth-order valence-electron chi connectivity index (χ4n) is 5.73. The standard InChI is InChI=1S/C33H25F2N3O5S/c1-36-33(39)31-24-14-21(27(37(2)44(3,40)41)16-30(24)43-32(31)18-7-10-20(34)11-8-18)19-9-12-29-23(13-19)28-15-22-25(35)5-4-6-26(22)38(28)17-42-29/h4-16H,17H2,1-3H3,(H,36,39). The molecular weight excluding hydrogens is 588 g/mol. The second-order valence-corrected chi connectivity index (χ2v) is 12.6. The number of aromatic nitrogens is 1. The first-order chi connectivity index (χ1) is 21.0. The molecule has 1 amide bonds. The fourth-order valence-corrected chi connectivity index (χ4v) is 6.23. The zero-order valence-electron chi connectivity index (χ0n) is 23.8. The van der Waals surface area contributed by atoms with Crippen molar-refractivity contribution in [2.45, 2.75) is 6.73 Å². The molecule has 0 unspecified atom stereocenters. The van der Waals surface area contributed by atoms with Gasteiger partial charge in [-0.05, 0) is 66.2 Å². The molecule has 4 aromatic carbocycles. The highest BCUT2D eigenvalue weighted by Gasteiger charge is 2.27. The number of anilines is 1. The maximum Gasteiger partial charge on any atom is 0.255 e. The van der Waals surface area contributed by atoms with E-state index in [4.69, 9.17) is 9.15 Å². The Hall–Kier alpha value is -5.16. The molecule has 1 aliphatic heterocycles. The van der Waals surface area contributed by atoms with E-state index in [9.17, 15) is 22.0 Å². The van der Waals surface area contributed by atoms with E-state index in [2.05, 4.69) is 5.32 Å². The summed E-state index contributed by atoms with van der Waals surface area (Å²) in [5.41, 5.74) is 4.56. The van der Waals surface area contributed by atoms with Gasteiger partial charge in [-0.15, -0.1) is 0 Å². The number of benzene rings is 4. The summed E-state index contributed by atoms with van der Waals surface area (Å²) in [6.07, 6.45) is 1.09. The van der Waals surface area contributed by atoms with Gasteiger partial charge in [0.1, 0.15) is 28.7 Å². The second-order valence-electron chi connectivity index (χ2n) is 10.6. The van der Waals surface area contributed by atoms with E-state index in [1.54, 1.807) is 36.4 Å². The lowest BCUT2D eigenvalue weighted by molar-refractivity contribution is 0.0964. The van der Waals surface area contributed by atoms with Crippen LogP contribution < -0.4 is 14.4 Å². The SMILES string of the molecule is CNC(=O)c1c(-c2ccc(F)cc2)oc2cc(N(C)S(C)(=O)=O)c(-c3ccc4c(c3)-c3cc5c(F)cccc5n3CO4)cc12. The smallest absolute Gasteiger partial charge is 0.255 e. The topological polar surface area (TPSA) is 93.8 Å². The van der Waals surface area contributed by atoms with Gasteiger partial charge in [0.15, 0.2) is 6.73 Å². The summed E-state index contributed by atoms with van der Waals surface area (Å²) < 4.78 is 69.2. The van der Waals surface area contributed by atoms with Crippen molar-refractivity contribution in [3.8, 4) is 39.5 Å². The highest BCUT2D eigenvalue weighted by Crippen LogP contribution is 2.45. The first-order valence-corrected chi connectivity index (χ1v) is 15.5. The fraction of sp³-hybridized carbons (Fsp3) is 0.121. The lowest BCUT2D eigenvalue weighted by atomic mass is 9.96. The van der Waals surface area contributed by atoms with E-state index < -0.39 is 21.7 Å². The van der Waals surface area contributed by atoms with E-state index in [0.29, 0.717) is 50.0 Å². The normalized spacial score (nSPS) is 12.6. The Morgan fingerprint density at radius 3 is 2.41 bits per heavy atom. The summed E-state index contributed by atoms with van der Waals surface area (Å²) >= 11 is 0. The molecule has 222 valence electrons. The summed E-state index contributed by atoms with van der Waals surface area (Å²) in [5, 5.41) is 3.54. The molecule has 6 aromatic rings. The number of ether oxygens (including phenoxy) is 1. The molecule has 11 heteroatoms. The predicted octanol–water partition coefficient (Wildman–Crippen LogP) is 6.77.